The van der Waals surface area contributed by atoms with Crippen LogP contribution in [0.5, 0.6) is 0 Å². The van der Waals surface area contributed by atoms with Gasteiger partial charge in [0.15, 0.2) is 0 Å². The fourth-order valence-electron chi connectivity index (χ4n) is 1.18. The van der Waals surface area contributed by atoms with Crippen molar-refractivity contribution < 1.29 is 0 Å². The third-order valence-corrected chi connectivity index (χ3v) is 2.81. The Morgan fingerprint density at radius 3 is 1.83 bits per heavy atom. The fourth-order valence-corrected chi connectivity index (χ4v) is 1.18. The van der Waals surface area contributed by atoms with Crippen molar-refractivity contribution in [1.29, 1.82) is 0 Å². The topological polar surface area (TPSA) is 0 Å². The Hall–Kier alpha value is -0.780. The molecule has 1 rings (SSSR count). The minimum Gasteiger partial charge on any atom is -0.0745 e. The van der Waals surface area contributed by atoms with Crippen molar-refractivity contribution in [3.63, 3.8) is 0 Å². The first-order valence-corrected chi connectivity index (χ1v) is 4.63. The first-order valence-electron chi connectivity index (χ1n) is 4.63. The van der Waals surface area contributed by atoms with Crippen LogP contribution < -0.4 is 0 Å². The molecule has 0 aromatic rings. The summed E-state index contributed by atoms with van der Waals surface area (Å²) in [6.07, 6.45) is 10.2. The zero-order valence-corrected chi connectivity index (χ0v) is 8.52. The fraction of sp³-hybridized carbons (Fsp3) is 0.500. The number of allylic oxidation sites excluding steroid dienone is 6. The van der Waals surface area contributed by atoms with Crippen LogP contribution in [-0.2, 0) is 0 Å². The largest absolute Gasteiger partial charge is 0.0745 e. The van der Waals surface area contributed by atoms with Gasteiger partial charge in [-0.05, 0) is 31.4 Å². The van der Waals surface area contributed by atoms with Crippen LogP contribution in [0.4, 0.5) is 0 Å². The summed E-state index contributed by atoms with van der Waals surface area (Å²) >= 11 is 0. The van der Waals surface area contributed by atoms with Gasteiger partial charge in [0.25, 0.3) is 0 Å². The lowest BCUT2D eigenvalue weighted by atomic mass is 9.87. The molecule has 0 unspecified atom stereocenters. The van der Waals surface area contributed by atoms with Crippen LogP contribution in [0, 0.1) is 5.41 Å². The highest BCUT2D eigenvalue weighted by molar-refractivity contribution is 5.35. The van der Waals surface area contributed by atoms with E-state index in [1.165, 1.54) is 17.6 Å². The Kier molecular flexibility index (Phi) is 2.56. The Bertz CT molecular complexity index is 229. The highest BCUT2D eigenvalue weighted by Crippen LogP contribution is 2.28. The van der Waals surface area contributed by atoms with E-state index < -0.39 is 0 Å². The molecule has 0 spiro atoms. The molecule has 0 saturated carbocycles. The van der Waals surface area contributed by atoms with Gasteiger partial charge in [-0.25, -0.2) is 0 Å². The average molecular weight is 162 g/mol. The standard InChI is InChI=1S/C12H18/c1-5-12(4)8-6-10(2)11(3)7-9-12/h6-9H,5H2,1-4H3. The Morgan fingerprint density at radius 1 is 1.08 bits per heavy atom. The van der Waals surface area contributed by atoms with Crippen LogP contribution >= 0.6 is 0 Å². The van der Waals surface area contributed by atoms with E-state index in [0.29, 0.717) is 0 Å². The van der Waals surface area contributed by atoms with E-state index in [1.807, 2.05) is 0 Å². The molecule has 0 heteroatoms. The lowest BCUT2D eigenvalue weighted by Crippen LogP contribution is -2.06. The van der Waals surface area contributed by atoms with Crippen LogP contribution in [0.25, 0.3) is 0 Å². The summed E-state index contributed by atoms with van der Waals surface area (Å²) in [5, 5.41) is 0. The molecule has 0 bridgehead atoms. The SMILES string of the molecule is CCC1(C)C=CC(C)=C(C)C=C1. The van der Waals surface area contributed by atoms with Crippen molar-refractivity contribution in [3.05, 3.63) is 35.5 Å². The van der Waals surface area contributed by atoms with Crippen molar-refractivity contribution in [3.8, 4) is 0 Å². The van der Waals surface area contributed by atoms with Gasteiger partial charge in [0, 0.05) is 5.41 Å². The number of hydrogen-bond acceptors (Lipinski definition) is 0. The maximum absolute atomic E-state index is 2.30. The molecule has 0 saturated heterocycles. The normalized spacial score (nSPS) is 21.3. The van der Waals surface area contributed by atoms with E-state index in [1.54, 1.807) is 0 Å². The maximum Gasteiger partial charge on any atom is 0.00365 e. The third-order valence-electron chi connectivity index (χ3n) is 2.81. The number of hydrogen-bond donors (Lipinski definition) is 0. The number of rotatable bonds is 1. The summed E-state index contributed by atoms with van der Waals surface area (Å²) in [5.74, 6) is 0. The van der Waals surface area contributed by atoms with Gasteiger partial charge in [-0.2, -0.15) is 0 Å². The summed E-state index contributed by atoms with van der Waals surface area (Å²) in [6.45, 7) is 8.83. The van der Waals surface area contributed by atoms with Gasteiger partial charge >= 0.3 is 0 Å². The zero-order chi connectivity index (χ0) is 9.19. The molecular formula is C12H18. The molecular weight excluding hydrogens is 144 g/mol. The first kappa shape index (κ1) is 9.31. The molecule has 0 aromatic heterocycles. The van der Waals surface area contributed by atoms with E-state index in [4.69, 9.17) is 0 Å². The summed E-state index contributed by atoms with van der Waals surface area (Å²) < 4.78 is 0. The van der Waals surface area contributed by atoms with Crippen molar-refractivity contribution in [2.45, 2.75) is 34.1 Å². The van der Waals surface area contributed by atoms with Gasteiger partial charge in [0.2, 0.25) is 0 Å². The lowest BCUT2D eigenvalue weighted by Gasteiger charge is -2.18. The van der Waals surface area contributed by atoms with Gasteiger partial charge in [0.1, 0.15) is 0 Å². The predicted molar refractivity (Wildman–Crippen MR) is 55.1 cm³/mol. The van der Waals surface area contributed by atoms with Gasteiger partial charge in [-0.1, -0.05) is 38.2 Å². The van der Waals surface area contributed by atoms with Crippen LogP contribution in [0.2, 0.25) is 0 Å². The maximum atomic E-state index is 2.30. The first-order chi connectivity index (χ1) is 5.57. The van der Waals surface area contributed by atoms with Gasteiger partial charge in [-0.3, -0.25) is 0 Å². The molecule has 0 nitrogen and oxygen atoms in total. The van der Waals surface area contributed by atoms with Crippen molar-refractivity contribution >= 4 is 0 Å². The molecule has 1 aliphatic carbocycles. The quantitative estimate of drug-likeness (QED) is 0.549. The van der Waals surface area contributed by atoms with E-state index >= 15 is 0 Å². The van der Waals surface area contributed by atoms with Crippen LogP contribution in [0.1, 0.15) is 34.1 Å². The van der Waals surface area contributed by atoms with Crippen LogP contribution in [0.15, 0.2) is 35.5 Å². The molecule has 0 fully saturated rings. The molecule has 0 atom stereocenters. The van der Waals surface area contributed by atoms with Crippen LogP contribution in [0.3, 0.4) is 0 Å². The Morgan fingerprint density at radius 2 is 1.50 bits per heavy atom. The average Bonchev–Trinajstić information content (AvgIpc) is 2.20. The summed E-state index contributed by atoms with van der Waals surface area (Å²) in [6, 6.07) is 0. The van der Waals surface area contributed by atoms with E-state index in [-0.39, 0.29) is 5.41 Å². The molecule has 0 aromatic carbocycles. The van der Waals surface area contributed by atoms with Gasteiger partial charge < -0.3 is 0 Å². The third kappa shape index (κ3) is 1.88. The molecule has 66 valence electrons. The molecule has 0 heterocycles. The molecule has 12 heavy (non-hydrogen) atoms. The second-order valence-electron chi connectivity index (χ2n) is 3.89. The molecule has 0 N–H and O–H groups in total. The van der Waals surface area contributed by atoms with Gasteiger partial charge in [-0.15, -0.1) is 0 Å². The van der Waals surface area contributed by atoms with Crippen LogP contribution in [-0.4, -0.2) is 0 Å². The highest BCUT2D eigenvalue weighted by Gasteiger charge is 2.15. The molecule has 0 radical (unpaired) electrons. The minimum absolute atomic E-state index is 0.263. The lowest BCUT2D eigenvalue weighted by molar-refractivity contribution is 0.531. The summed E-state index contributed by atoms with van der Waals surface area (Å²) in [7, 11) is 0. The van der Waals surface area contributed by atoms with Crippen molar-refractivity contribution in [2.24, 2.45) is 5.41 Å². The summed E-state index contributed by atoms with van der Waals surface area (Å²) in [5.41, 5.74) is 3.02. The monoisotopic (exact) mass is 162 g/mol. The second-order valence-corrected chi connectivity index (χ2v) is 3.89. The summed E-state index contributed by atoms with van der Waals surface area (Å²) in [4.78, 5) is 0. The Balaban J connectivity index is 2.98. The van der Waals surface area contributed by atoms with Crippen molar-refractivity contribution in [2.75, 3.05) is 0 Å². The molecule has 0 amide bonds. The van der Waals surface area contributed by atoms with Gasteiger partial charge in [0.05, 0.1) is 0 Å². The van der Waals surface area contributed by atoms with E-state index in [9.17, 15) is 0 Å². The molecule has 0 aliphatic heterocycles. The van der Waals surface area contributed by atoms with Crippen molar-refractivity contribution in [1.82, 2.24) is 0 Å². The Labute approximate surface area is 75.7 Å². The van der Waals surface area contributed by atoms with E-state index in [0.717, 1.165) is 0 Å². The predicted octanol–water partition coefficient (Wildman–Crippen LogP) is 3.87. The second kappa shape index (κ2) is 3.30. The molecule has 1 aliphatic rings. The smallest absolute Gasteiger partial charge is 0.00365 e. The zero-order valence-electron chi connectivity index (χ0n) is 8.52. The van der Waals surface area contributed by atoms with E-state index in [2.05, 4.69) is 52.0 Å². The highest BCUT2D eigenvalue weighted by atomic mass is 14.2. The minimum atomic E-state index is 0.263.